The maximum Gasteiger partial charge on any atom is 0.265 e. The Morgan fingerprint density at radius 3 is 2.62 bits per heavy atom. The van der Waals surface area contributed by atoms with Crippen molar-refractivity contribution in [1.29, 1.82) is 0 Å². The molecule has 0 fully saturated rings. The van der Waals surface area contributed by atoms with E-state index in [9.17, 15) is 4.79 Å². The van der Waals surface area contributed by atoms with Gasteiger partial charge in [-0.25, -0.2) is 0 Å². The van der Waals surface area contributed by atoms with Gasteiger partial charge in [0.15, 0.2) is 0 Å². The van der Waals surface area contributed by atoms with Gasteiger partial charge in [-0.15, -0.1) is 11.3 Å². The average Bonchev–Trinajstić information content (AvgIpc) is 2.81. The molecule has 7 heteroatoms. The number of anilines is 1. The maximum atomic E-state index is 12.1. The standard InChI is InChI=1S/C14H14BrN3O2S/c1-8-6-11(21-13(8)15)14(19)17-10-4-2-9(3-5-10)7-12(16)18-20/h2-6,20H,7H2,1H3,(H2,16,18)(H,17,19). The summed E-state index contributed by atoms with van der Waals surface area (Å²) in [6, 6.07) is 9.06. The van der Waals surface area contributed by atoms with Crippen LogP contribution in [0.2, 0.25) is 0 Å². The first-order valence-electron chi connectivity index (χ1n) is 6.12. The molecule has 0 aliphatic carbocycles. The number of amides is 1. The summed E-state index contributed by atoms with van der Waals surface area (Å²) in [4.78, 5) is 12.7. The molecule has 0 saturated heterocycles. The summed E-state index contributed by atoms with van der Waals surface area (Å²) >= 11 is 4.80. The SMILES string of the molecule is Cc1cc(C(=O)Nc2ccc(C/C(N)=N/O)cc2)sc1Br. The van der Waals surface area contributed by atoms with E-state index >= 15 is 0 Å². The highest BCUT2D eigenvalue weighted by Crippen LogP contribution is 2.27. The number of carbonyl (C=O) groups excluding carboxylic acids is 1. The predicted octanol–water partition coefficient (Wildman–Crippen LogP) is 3.36. The molecule has 5 nitrogen and oxygen atoms in total. The maximum absolute atomic E-state index is 12.1. The van der Waals surface area contributed by atoms with E-state index < -0.39 is 0 Å². The van der Waals surface area contributed by atoms with Gasteiger partial charge in [-0.2, -0.15) is 0 Å². The minimum Gasteiger partial charge on any atom is -0.409 e. The minimum absolute atomic E-state index is 0.141. The van der Waals surface area contributed by atoms with E-state index in [1.165, 1.54) is 11.3 Å². The van der Waals surface area contributed by atoms with Crippen LogP contribution in [-0.4, -0.2) is 17.0 Å². The molecule has 21 heavy (non-hydrogen) atoms. The van der Waals surface area contributed by atoms with Crippen molar-refractivity contribution in [3.8, 4) is 0 Å². The molecule has 0 unspecified atom stereocenters. The molecular weight excluding hydrogens is 354 g/mol. The smallest absolute Gasteiger partial charge is 0.265 e. The summed E-state index contributed by atoms with van der Waals surface area (Å²) in [5.74, 6) is 0.00341. The van der Waals surface area contributed by atoms with Gasteiger partial charge in [-0.3, -0.25) is 4.79 Å². The zero-order valence-electron chi connectivity index (χ0n) is 11.3. The minimum atomic E-state index is -0.141. The van der Waals surface area contributed by atoms with Crippen LogP contribution >= 0.6 is 27.3 Å². The number of hydrogen-bond acceptors (Lipinski definition) is 4. The van der Waals surface area contributed by atoms with E-state index in [0.29, 0.717) is 17.0 Å². The molecule has 0 aliphatic rings. The van der Waals surface area contributed by atoms with E-state index in [0.717, 1.165) is 14.9 Å². The Labute approximate surface area is 134 Å². The van der Waals surface area contributed by atoms with Gasteiger partial charge in [0, 0.05) is 12.1 Å². The Morgan fingerprint density at radius 2 is 2.10 bits per heavy atom. The predicted molar refractivity (Wildman–Crippen MR) is 88.3 cm³/mol. The summed E-state index contributed by atoms with van der Waals surface area (Å²) in [5, 5.41) is 14.3. The monoisotopic (exact) mass is 367 g/mol. The van der Waals surface area contributed by atoms with Gasteiger partial charge in [-0.1, -0.05) is 17.3 Å². The lowest BCUT2D eigenvalue weighted by atomic mass is 10.1. The van der Waals surface area contributed by atoms with Crippen LogP contribution < -0.4 is 11.1 Å². The van der Waals surface area contributed by atoms with Crippen LogP contribution in [0.25, 0.3) is 0 Å². The van der Waals surface area contributed by atoms with Crippen molar-refractivity contribution >= 4 is 44.7 Å². The summed E-state index contributed by atoms with van der Waals surface area (Å²) in [5.41, 5.74) is 8.08. The van der Waals surface area contributed by atoms with Gasteiger partial charge >= 0.3 is 0 Å². The number of thiophene rings is 1. The lowest BCUT2D eigenvalue weighted by molar-refractivity contribution is 0.103. The fourth-order valence-corrected chi connectivity index (χ4v) is 3.14. The second-order valence-corrected chi connectivity index (χ2v) is 6.86. The quantitative estimate of drug-likeness (QED) is 0.335. The third kappa shape index (κ3) is 4.05. The van der Waals surface area contributed by atoms with Gasteiger partial charge in [0.2, 0.25) is 0 Å². The molecule has 1 aromatic carbocycles. The first kappa shape index (κ1) is 15.5. The number of benzene rings is 1. The summed E-state index contributed by atoms with van der Waals surface area (Å²) in [6.07, 6.45) is 0.363. The number of carbonyl (C=O) groups is 1. The molecule has 0 atom stereocenters. The number of hydrogen-bond donors (Lipinski definition) is 3. The fraction of sp³-hybridized carbons (Fsp3) is 0.143. The Bertz CT molecular complexity index is 661. The van der Waals surface area contributed by atoms with Crippen molar-refractivity contribution in [3.05, 3.63) is 50.1 Å². The van der Waals surface area contributed by atoms with E-state index in [-0.39, 0.29) is 11.7 Å². The first-order chi connectivity index (χ1) is 9.99. The van der Waals surface area contributed by atoms with Crippen molar-refractivity contribution in [3.63, 3.8) is 0 Å². The Balaban J connectivity index is 2.04. The average molecular weight is 368 g/mol. The van der Waals surface area contributed by atoms with Gasteiger partial charge in [0.1, 0.15) is 5.84 Å². The van der Waals surface area contributed by atoms with Crippen LogP contribution in [0, 0.1) is 6.92 Å². The van der Waals surface area contributed by atoms with Crippen molar-refractivity contribution in [2.75, 3.05) is 5.32 Å². The van der Waals surface area contributed by atoms with E-state index in [4.69, 9.17) is 10.9 Å². The van der Waals surface area contributed by atoms with Crippen molar-refractivity contribution < 1.29 is 10.0 Å². The molecule has 2 aromatic rings. The summed E-state index contributed by atoms with van der Waals surface area (Å²) in [6.45, 7) is 1.94. The Kier molecular flexibility index (Phi) is 4.98. The van der Waals surface area contributed by atoms with Crippen LogP contribution in [0.15, 0.2) is 39.3 Å². The Morgan fingerprint density at radius 1 is 1.43 bits per heavy atom. The highest BCUT2D eigenvalue weighted by atomic mass is 79.9. The van der Waals surface area contributed by atoms with Crippen molar-refractivity contribution in [2.45, 2.75) is 13.3 Å². The third-order valence-corrected chi connectivity index (χ3v) is 4.94. The number of oxime groups is 1. The molecule has 1 heterocycles. The zero-order valence-corrected chi connectivity index (χ0v) is 13.7. The molecule has 0 saturated carbocycles. The number of aryl methyl sites for hydroxylation is 1. The van der Waals surface area contributed by atoms with Gasteiger partial charge < -0.3 is 16.3 Å². The second kappa shape index (κ2) is 6.73. The van der Waals surface area contributed by atoms with Crippen LogP contribution in [0.3, 0.4) is 0 Å². The molecule has 1 aromatic heterocycles. The lowest BCUT2D eigenvalue weighted by Crippen LogP contribution is -2.14. The van der Waals surface area contributed by atoms with Crippen molar-refractivity contribution in [2.24, 2.45) is 10.9 Å². The second-order valence-electron chi connectivity index (χ2n) is 4.49. The summed E-state index contributed by atoms with van der Waals surface area (Å²) in [7, 11) is 0. The van der Waals surface area contributed by atoms with Gasteiger partial charge in [0.25, 0.3) is 5.91 Å². The number of amidine groups is 1. The fourth-order valence-electron chi connectivity index (χ4n) is 1.71. The van der Waals surface area contributed by atoms with Crippen LogP contribution in [-0.2, 0) is 6.42 Å². The molecule has 0 bridgehead atoms. The summed E-state index contributed by atoms with van der Waals surface area (Å²) < 4.78 is 0.960. The highest BCUT2D eigenvalue weighted by molar-refractivity contribution is 9.11. The van der Waals surface area contributed by atoms with Gasteiger partial charge in [0.05, 0.1) is 8.66 Å². The van der Waals surface area contributed by atoms with Crippen LogP contribution in [0.4, 0.5) is 5.69 Å². The molecule has 0 aliphatic heterocycles. The lowest BCUT2D eigenvalue weighted by Gasteiger charge is -2.05. The number of nitrogens with two attached hydrogens (primary N) is 1. The molecule has 1 amide bonds. The third-order valence-electron chi connectivity index (χ3n) is 2.81. The first-order valence-corrected chi connectivity index (χ1v) is 7.73. The van der Waals surface area contributed by atoms with Crippen LogP contribution in [0.1, 0.15) is 20.8 Å². The number of rotatable bonds is 4. The number of nitrogens with zero attached hydrogens (tertiary/aromatic N) is 1. The topological polar surface area (TPSA) is 87.7 Å². The molecule has 0 spiro atoms. The highest BCUT2D eigenvalue weighted by Gasteiger charge is 2.11. The number of nitrogens with one attached hydrogen (secondary N) is 1. The molecule has 4 N–H and O–H groups in total. The number of halogens is 1. The Hall–Kier alpha value is -1.86. The van der Waals surface area contributed by atoms with Crippen molar-refractivity contribution in [1.82, 2.24) is 0 Å². The van der Waals surface area contributed by atoms with Gasteiger partial charge in [-0.05, 0) is 52.2 Å². The normalized spacial score (nSPS) is 11.4. The zero-order chi connectivity index (χ0) is 15.4. The molecule has 0 radical (unpaired) electrons. The van der Waals surface area contributed by atoms with E-state index in [2.05, 4.69) is 26.4 Å². The molecule has 110 valence electrons. The van der Waals surface area contributed by atoms with E-state index in [1.54, 1.807) is 12.1 Å². The largest absolute Gasteiger partial charge is 0.409 e. The van der Waals surface area contributed by atoms with Crippen LogP contribution in [0.5, 0.6) is 0 Å². The van der Waals surface area contributed by atoms with E-state index in [1.807, 2.05) is 25.1 Å². The molecular formula is C14H14BrN3O2S. The molecule has 2 rings (SSSR count).